The minimum atomic E-state index is -0.537. The quantitative estimate of drug-likeness (QED) is 0.620. The van der Waals surface area contributed by atoms with Crippen LogP contribution in [-0.4, -0.2) is 18.3 Å². The molecule has 2 aliphatic rings. The van der Waals surface area contributed by atoms with Gasteiger partial charge in [-0.3, -0.25) is 0 Å². The van der Waals surface area contributed by atoms with Crippen LogP contribution in [0, 0.1) is 5.53 Å². The van der Waals surface area contributed by atoms with Gasteiger partial charge >= 0.3 is 0 Å². The van der Waals surface area contributed by atoms with Gasteiger partial charge in [0, 0.05) is 11.1 Å². The molecule has 0 spiro atoms. The SMILES string of the molecule is CC(O)c1cc(C2CO2)c(N=N)c(C2CO2)c1. The van der Waals surface area contributed by atoms with E-state index in [4.69, 9.17) is 15.0 Å². The predicted octanol–water partition coefficient (Wildman–Crippen LogP) is 2.54. The number of hydrogen-bond acceptors (Lipinski definition) is 5. The third-order valence-corrected chi connectivity index (χ3v) is 3.15. The molecule has 2 aliphatic heterocycles. The highest BCUT2D eigenvalue weighted by molar-refractivity contribution is 5.58. The number of aliphatic hydroxyl groups excluding tert-OH is 1. The lowest BCUT2D eigenvalue weighted by atomic mass is 9.97. The van der Waals surface area contributed by atoms with E-state index in [2.05, 4.69) is 5.11 Å². The zero-order valence-electron chi connectivity index (χ0n) is 9.51. The summed E-state index contributed by atoms with van der Waals surface area (Å²) in [5.74, 6) is 0. The first kappa shape index (κ1) is 10.8. The summed E-state index contributed by atoms with van der Waals surface area (Å²) >= 11 is 0. The van der Waals surface area contributed by atoms with Crippen molar-refractivity contribution >= 4 is 5.69 Å². The zero-order valence-corrected chi connectivity index (χ0v) is 9.51. The first-order chi connectivity index (χ1) is 8.20. The van der Waals surface area contributed by atoms with E-state index in [1.165, 1.54) is 0 Å². The molecule has 5 nitrogen and oxygen atoms in total. The summed E-state index contributed by atoms with van der Waals surface area (Å²) in [5, 5.41) is 13.3. The van der Waals surface area contributed by atoms with E-state index in [0.717, 1.165) is 16.7 Å². The Morgan fingerprint density at radius 1 is 1.29 bits per heavy atom. The van der Waals surface area contributed by atoms with E-state index >= 15 is 0 Å². The Labute approximate surface area is 98.9 Å². The van der Waals surface area contributed by atoms with Crippen molar-refractivity contribution in [3.05, 3.63) is 28.8 Å². The van der Waals surface area contributed by atoms with Crippen LogP contribution in [0.4, 0.5) is 5.69 Å². The standard InChI is InChI=1S/C12H14N2O3/c1-6(15)7-2-8(10-4-16-10)12(14-13)9(3-7)11-5-17-11/h2-3,6,10-11,13,15H,4-5H2,1H3. The lowest BCUT2D eigenvalue weighted by molar-refractivity contribution is 0.199. The number of hydrogen-bond donors (Lipinski definition) is 2. The molecule has 90 valence electrons. The fourth-order valence-electron chi connectivity index (χ4n) is 2.02. The summed E-state index contributed by atoms with van der Waals surface area (Å²) in [7, 11) is 0. The molecule has 2 heterocycles. The molecule has 0 saturated carbocycles. The molecule has 0 aliphatic carbocycles. The summed E-state index contributed by atoms with van der Waals surface area (Å²) in [6, 6.07) is 3.75. The van der Waals surface area contributed by atoms with Crippen molar-refractivity contribution in [2.24, 2.45) is 5.11 Å². The maximum absolute atomic E-state index is 9.68. The fraction of sp³-hybridized carbons (Fsp3) is 0.500. The molecular weight excluding hydrogens is 220 g/mol. The van der Waals surface area contributed by atoms with Crippen LogP contribution in [0.25, 0.3) is 0 Å². The normalized spacial score (nSPS) is 27.6. The Morgan fingerprint density at radius 2 is 1.76 bits per heavy atom. The Morgan fingerprint density at radius 3 is 2.06 bits per heavy atom. The van der Waals surface area contributed by atoms with Crippen LogP contribution in [0.5, 0.6) is 0 Å². The zero-order chi connectivity index (χ0) is 12.0. The van der Waals surface area contributed by atoms with Crippen LogP contribution in [0.2, 0.25) is 0 Å². The maximum atomic E-state index is 9.68. The fourth-order valence-corrected chi connectivity index (χ4v) is 2.02. The van der Waals surface area contributed by atoms with Gasteiger partial charge in [0.15, 0.2) is 0 Å². The topological polar surface area (TPSA) is 81.5 Å². The van der Waals surface area contributed by atoms with Crippen LogP contribution in [0.15, 0.2) is 17.2 Å². The largest absolute Gasteiger partial charge is 0.389 e. The van der Waals surface area contributed by atoms with Crippen LogP contribution < -0.4 is 0 Å². The molecule has 17 heavy (non-hydrogen) atoms. The van der Waals surface area contributed by atoms with E-state index in [-0.39, 0.29) is 12.2 Å². The van der Waals surface area contributed by atoms with Gasteiger partial charge in [0.05, 0.1) is 25.0 Å². The van der Waals surface area contributed by atoms with Gasteiger partial charge in [-0.15, -0.1) is 0 Å². The second-order valence-electron chi connectivity index (χ2n) is 4.48. The number of ether oxygens (including phenoxy) is 2. The molecule has 0 bridgehead atoms. The van der Waals surface area contributed by atoms with E-state index in [0.29, 0.717) is 18.9 Å². The minimum absolute atomic E-state index is 0.0234. The number of nitrogens with one attached hydrogen (secondary N) is 1. The molecule has 2 fully saturated rings. The summed E-state index contributed by atoms with van der Waals surface area (Å²) in [6.45, 7) is 3.05. The van der Waals surface area contributed by atoms with Gasteiger partial charge in [0.25, 0.3) is 0 Å². The van der Waals surface area contributed by atoms with Crippen molar-refractivity contribution in [3.63, 3.8) is 0 Å². The van der Waals surface area contributed by atoms with Crippen LogP contribution >= 0.6 is 0 Å². The summed E-state index contributed by atoms with van der Waals surface area (Å²) in [6.07, 6.45) is -0.490. The molecule has 0 radical (unpaired) electrons. The van der Waals surface area contributed by atoms with Gasteiger partial charge in [0.2, 0.25) is 0 Å². The van der Waals surface area contributed by atoms with Crippen molar-refractivity contribution in [1.82, 2.24) is 0 Å². The third-order valence-electron chi connectivity index (χ3n) is 3.15. The molecule has 1 aromatic carbocycles. The number of aliphatic hydroxyl groups is 1. The highest BCUT2D eigenvalue weighted by Crippen LogP contribution is 2.45. The van der Waals surface area contributed by atoms with Gasteiger partial charge in [0.1, 0.15) is 12.2 Å². The van der Waals surface area contributed by atoms with Gasteiger partial charge in [-0.05, 0) is 24.6 Å². The molecule has 2 saturated heterocycles. The average Bonchev–Trinajstić information content (AvgIpc) is 3.19. The lowest BCUT2D eigenvalue weighted by Crippen LogP contribution is -1.97. The molecule has 3 rings (SSSR count). The van der Waals surface area contributed by atoms with Crippen LogP contribution in [0.3, 0.4) is 0 Å². The van der Waals surface area contributed by atoms with E-state index in [1.54, 1.807) is 6.92 Å². The number of benzene rings is 1. The van der Waals surface area contributed by atoms with E-state index < -0.39 is 6.10 Å². The number of epoxide rings is 2. The Kier molecular flexibility index (Phi) is 2.47. The Balaban J connectivity index is 2.13. The van der Waals surface area contributed by atoms with Crippen molar-refractivity contribution in [1.29, 1.82) is 5.53 Å². The highest BCUT2D eigenvalue weighted by atomic mass is 16.6. The smallest absolute Gasteiger partial charge is 0.108 e. The van der Waals surface area contributed by atoms with Crippen molar-refractivity contribution < 1.29 is 14.6 Å². The van der Waals surface area contributed by atoms with Crippen molar-refractivity contribution in [2.75, 3.05) is 13.2 Å². The molecule has 0 aromatic heterocycles. The van der Waals surface area contributed by atoms with Crippen LogP contribution in [0.1, 0.15) is 41.9 Å². The molecular formula is C12H14N2O3. The van der Waals surface area contributed by atoms with Gasteiger partial charge < -0.3 is 14.6 Å². The van der Waals surface area contributed by atoms with Crippen LogP contribution in [-0.2, 0) is 9.47 Å². The third kappa shape index (κ3) is 1.97. The van der Waals surface area contributed by atoms with E-state index in [9.17, 15) is 5.11 Å². The number of rotatable bonds is 4. The molecule has 3 unspecified atom stereocenters. The Bertz CT molecular complexity index is 432. The maximum Gasteiger partial charge on any atom is 0.108 e. The predicted molar refractivity (Wildman–Crippen MR) is 59.3 cm³/mol. The average molecular weight is 234 g/mol. The minimum Gasteiger partial charge on any atom is -0.389 e. The molecule has 3 atom stereocenters. The summed E-state index contributed by atoms with van der Waals surface area (Å²) in [5.41, 5.74) is 10.5. The molecule has 0 amide bonds. The summed E-state index contributed by atoms with van der Waals surface area (Å²) < 4.78 is 10.5. The lowest BCUT2D eigenvalue weighted by Gasteiger charge is -2.12. The summed E-state index contributed by atoms with van der Waals surface area (Å²) in [4.78, 5) is 0. The first-order valence-corrected chi connectivity index (χ1v) is 5.67. The van der Waals surface area contributed by atoms with Gasteiger partial charge in [-0.1, -0.05) is 0 Å². The van der Waals surface area contributed by atoms with Gasteiger partial charge in [-0.2, -0.15) is 5.11 Å². The highest BCUT2D eigenvalue weighted by Gasteiger charge is 2.34. The van der Waals surface area contributed by atoms with Gasteiger partial charge in [-0.25, -0.2) is 5.53 Å². The van der Waals surface area contributed by atoms with Crippen molar-refractivity contribution in [3.8, 4) is 0 Å². The van der Waals surface area contributed by atoms with Crippen molar-refractivity contribution in [2.45, 2.75) is 25.2 Å². The number of nitrogens with zero attached hydrogens (tertiary/aromatic N) is 1. The monoisotopic (exact) mass is 234 g/mol. The molecule has 1 aromatic rings. The molecule has 5 heteroatoms. The van der Waals surface area contributed by atoms with E-state index in [1.807, 2.05) is 12.1 Å². The molecule has 2 N–H and O–H groups in total. The second-order valence-corrected chi connectivity index (χ2v) is 4.48. The second kappa shape index (κ2) is 3.87. The Hall–Kier alpha value is -1.30. The first-order valence-electron chi connectivity index (χ1n) is 5.67.